The number of hydrogen-bond donors (Lipinski definition) is 2. The molecule has 0 aliphatic heterocycles. The van der Waals surface area contributed by atoms with Crippen LogP contribution in [-0.4, -0.2) is 32.6 Å². The topological polar surface area (TPSA) is 80.3 Å². The van der Waals surface area contributed by atoms with Gasteiger partial charge in [-0.05, 0) is 61.7 Å². The summed E-state index contributed by atoms with van der Waals surface area (Å²) >= 11 is 0. The maximum Gasteiger partial charge on any atom is 0.240 e. The predicted octanol–water partition coefficient (Wildman–Crippen LogP) is 4.26. The van der Waals surface area contributed by atoms with E-state index in [9.17, 15) is 8.42 Å². The Labute approximate surface area is 183 Å². The molecule has 0 bridgehead atoms. The van der Waals surface area contributed by atoms with Crippen LogP contribution >= 0.6 is 24.8 Å². The normalized spacial score (nSPS) is 11.8. The molecule has 1 aromatic heterocycles. The van der Waals surface area contributed by atoms with E-state index in [0.29, 0.717) is 13.2 Å². The molecule has 0 radical (unpaired) electrons. The van der Waals surface area contributed by atoms with Gasteiger partial charge in [-0.15, -0.1) is 24.8 Å². The zero-order valence-corrected chi connectivity index (χ0v) is 18.6. The minimum Gasteiger partial charge on any atom is -0.494 e. The van der Waals surface area contributed by atoms with E-state index in [2.05, 4.69) is 15.0 Å². The Morgan fingerprint density at radius 3 is 2.45 bits per heavy atom. The SMILES string of the molecule is CCOc1ccc(NC[C@@H](C)NS(=O)(=O)c2ccc3cnccc3c2)cc1.Cl.Cl. The summed E-state index contributed by atoms with van der Waals surface area (Å²) in [5.74, 6) is 0.809. The Kier molecular flexibility index (Phi) is 9.65. The van der Waals surface area contributed by atoms with E-state index in [1.807, 2.05) is 38.1 Å². The van der Waals surface area contributed by atoms with Crippen molar-refractivity contribution in [3.63, 3.8) is 0 Å². The van der Waals surface area contributed by atoms with Gasteiger partial charge in [0.25, 0.3) is 0 Å². The van der Waals surface area contributed by atoms with Gasteiger partial charge in [0.2, 0.25) is 10.0 Å². The minimum absolute atomic E-state index is 0. The van der Waals surface area contributed by atoms with Crippen molar-refractivity contribution in [2.45, 2.75) is 24.8 Å². The van der Waals surface area contributed by atoms with E-state index >= 15 is 0 Å². The van der Waals surface area contributed by atoms with Crippen LogP contribution < -0.4 is 14.8 Å². The van der Waals surface area contributed by atoms with Crippen LogP contribution in [0, 0.1) is 0 Å². The summed E-state index contributed by atoms with van der Waals surface area (Å²) in [6.07, 6.45) is 3.36. The molecule has 0 fully saturated rings. The molecule has 2 aromatic carbocycles. The Hall–Kier alpha value is -2.06. The molecule has 6 nitrogen and oxygen atoms in total. The first-order valence-corrected chi connectivity index (χ1v) is 10.3. The lowest BCUT2D eigenvalue weighted by Gasteiger charge is -2.16. The molecular weight excluding hydrogens is 433 g/mol. The molecule has 0 aliphatic rings. The largest absolute Gasteiger partial charge is 0.494 e. The Balaban J connectivity index is 0.00000210. The van der Waals surface area contributed by atoms with Gasteiger partial charge in [-0.3, -0.25) is 4.98 Å². The van der Waals surface area contributed by atoms with Gasteiger partial charge < -0.3 is 10.1 Å². The van der Waals surface area contributed by atoms with Gasteiger partial charge in [0.05, 0.1) is 11.5 Å². The lowest BCUT2D eigenvalue weighted by atomic mass is 10.2. The van der Waals surface area contributed by atoms with E-state index in [-0.39, 0.29) is 35.8 Å². The van der Waals surface area contributed by atoms with Crippen molar-refractivity contribution in [1.29, 1.82) is 0 Å². The zero-order chi connectivity index (χ0) is 19.3. The highest BCUT2D eigenvalue weighted by atomic mass is 35.5. The molecular formula is C20H25Cl2N3O3S. The highest BCUT2D eigenvalue weighted by molar-refractivity contribution is 7.89. The number of nitrogens with one attached hydrogen (secondary N) is 2. The smallest absolute Gasteiger partial charge is 0.240 e. The average molecular weight is 458 g/mol. The third-order valence-electron chi connectivity index (χ3n) is 4.06. The molecule has 9 heteroatoms. The Morgan fingerprint density at radius 2 is 1.76 bits per heavy atom. The van der Waals surface area contributed by atoms with Crippen LogP contribution in [0.1, 0.15) is 13.8 Å². The van der Waals surface area contributed by atoms with Crippen molar-refractivity contribution >= 4 is 51.3 Å². The number of pyridine rings is 1. The van der Waals surface area contributed by atoms with Crippen LogP contribution in [-0.2, 0) is 10.0 Å². The summed E-state index contributed by atoms with van der Waals surface area (Å²) in [5, 5.41) is 4.97. The van der Waals surface area contributed by atoms with E-state index in [1.54, 1.807) is 36.7 Å². The molecule has 0 saturated carbocycles. The van der Waals surface area contributed by atoms with Gasteiger partial charge in [0.15, 0.2) is 0 Å². The first-order chi connectivity index (χ1) is 13.0. The highest BCUT2D eigenvalue weighted by Gasteiger charge is 2.17. The molecule has 0 unspecified atom stereocenters. The van der Waals surface area contributed by atoms with Crippen molar-refractivity contribution in [3.8, 4) is 5.75 Å². The fourth-order valence-corrected chi connectivity index (χ4v) is 3.99. The van der Waals surface area contributed by atoms with Gasteiger partial charge in [-0.2, -0.15) is 0 Å². The van der Waals surface area contributed by atoms with Crippen LogP contribution in [0.2, 0.25) is 0 Å². The number of aromatic nitrogens is 1. The Bertz CT molecular complexity index is 1010. The summed E-state index contributed by atoms with van der Waals surface area (Å²) in [6, 6.07) is 14.1. The van der Waals surface area contributed by atoms with Crippen LogP contribution in [0.5, 0.6) is 5.75 Å². The lowest BCUT2D eigenvalue weighted by Crippen LogP contribution is -2.37. The average Bonchev–Trinajstić information content (AvgIpc) is 2.67. The molecule has 3 aromatic rings. The van der Waals surface area contributed by atoms with Crippen molar-refractivity contribution in [1.82, 2.24) is 9.71 Å². The van der Waals surface area contributed by atoms with E-state index in [1.165, 1.54) is 0 Å². The van der Waals surface area contributed by atoms with Gasteiger partial charge in [0.1, 0.15) is 5.75 Å². The van der Waals surface area contributed by atoms with Crippen molar-refractivity contribution in [2.24, 2.45) is 0 Å². The lowest BCUT2D eigenvalue weighted by molar-refractivity contribution is 0.340. The van der Waals surface area contributed by atoms with Gasteiger partial charge in [0, 0.05) is 36.1 Å². The van der Waals surface area contributed by atoms with E-state index < -0.39 is 10.0 Å². The van der Waals surface area contributed by atoms with E-state index in [4.69, 9.17) is 4.74 Å². The van der Waals surface area contributed by atoms with Crippen molar-refractivity contribution in [2.75, 3.05) is 18.5 Å². The van der Waals surface area contributed by atoms with Crippen molar-refractivity contribution < 1.29 is 13.2 Å². The molecule has 0 amide bonds. The highest BCUT2D eigenvalue weighted by Crippen LogP contribution is 2.19. The number of rotatable bonds is 8. The van der Waals surface area contributed by atoms with Crippen LogP contribution in [0.3, 0.4) is 0 Å². The first-order valence-electron chi connectivity index (χ1n) is 8.81. The summed E-state index contributed by atoms with van der Waals surface area (Å²) in [7, 11) is -3.60. The maximum atomic E-state index is 12.6. The quantitative estimate of drug-likeness (QED) is 0.528. The first kappa shape index (κ1) is 25.0. The molecule has 3 rings (SSSR count). The standard InChI is InChI=1S/C20H23N3O3S.2ClH/c1-3-26-19-7-5-18(6-8-19)22-13-15(2)23-27(24,25)20-9-4-17-14-21-11-10-16(17)12-20;;/h4-12,14-15,22-23H,3,13H2,1-2H3;2*1H/t15-;;/m1../s1. The molecule has 29 heavy (non-hydrogen) atoms. The number of hydrogen-bond acceptors (Lipinski definition) is 5. The fraction of sp³-hybridized carbons (Fsp3) is 0.250. The zero-order valence-electron chi connectivity index (χ0n) is 16.2. The number of fused-ring (bicyclic) bond motifs is 1. The number of sulfonamides is 1. The second kappa shape index (κ2) is 11.2. The van der Waals surface area contributed by atoms with Gasteiger partial charge in [-0.1, -0.05) is 6.07 Å². The molecule has 2 N–H and O–H groups in total. The number of nitrogens with zero attached hydrogens (tertiary/aromatic N) is 1. The molecule has 1 atom stereocenters. The Morgan fingerprint density at radius 1 is 1.03 bits per heavy atom. The van der Waals surface area contributed by atoms with Crippen LogP contribution in [0.25, 0.3) is 10.8 Å². The fourth-order valence-electron chi connectivity index (χ4n) is 2.71. The number of benzene rings is 2. The monoisotopic (exact) mass is 457 g/mol. The minimum atomic E-state index is -3.60. The third kappa shape index (κ3) is 6.75. The molecule has 1 heterocycles. The number of anilines is 1. The summed E-state index contributed by atoms with van der Waals surface area (Å²) in [6.45, 7) is 4.85. The maximum absolute atomic E-state index is 12.6. The van der Waals surface area contributed by atoms with Crippen LogP contribution in [0.4, 0.5) is 5.69 Å². The van der Waals surface area contributed by atoms with Crippen LogP contribution in [0.15, 0.2) is 65.8 Å². The van der Waals surface area contributed by atoms with Gasteiger partial charge >= 0.3 is 0 Å². The second-order valence-electron chi connectivity index (χ2n) is 6.25. The van der Waals surface area contributed by atoms with E-state index in [0.717, 1.165) is 22.2 Å². The third-order valence-corrected chi connectivity index (χ3v) is 5.64. The molecule has 0 aliphatic carbocycles. The summed E-state index contributed by atoms with van der Waals surface area (Å²) in [5.41, 5.74) is 0.905. The number of ether oxygens (including phenoxy) is 1. The van der Waals surface area contributed by atoms with Gasteiger partial charge in [-0.25, -0.2) is 13.1 Å². The number of halogens is 2. The molecule has 0 spiro atoms. The predicted molar refractivity (Wildman–Crippen MR) is 122 cm³/mol. The molecule has 0 saturated heterocycles. The summed E-state index contributed by atoms with van der Waals surface area (Å²) < 4.78 is 33.4. The summed E-state index contributed by atoms with van der Waals surface area (Å²) in [4.78, 5) is 4.29. The second-order valence-corrected chi connectivity index (χ2v) is 7.96. The molecule has 158 valence electrons. The van der Waals surface area contributed by atoms with Crippen molar-refractivity contribution in [3.05, 3.63) is 60.9 Å².